The number of carboxylic acid groups (broad SMARTS) is 1. The van der Waals surface area contributed by atoms with Gasteiger partial charge in [0.25, 0.3) is 0 Å². The molecule has 14 nitrogen and oxygen atoms in total. The summed E-state index contributed by atoms with van der Waals surface area (Å²) in [6, 6.07) is -1.33. The Morgan fingerprint density at radius 2 is 1.62 bits per heavy atom. The van der Waals surface area contributed by atoms with Crippen molar-refractivity contribution in [3.05, 3.63) is 0 Å². The van der Waals surface area contributed by atoms with E-state index in [0.29, 0.717) is 19.3 Å². The molecule has 42 heavy (non-hydrogen) atoms. The van der Waals surface area contributed by atoms with Crippen molar-refractivity contribution in [1.29, 1.82) is 0 Å². The molecule has 3 aliphatic rings. The lowest BCUT2D eigenvalue weighted by Gasteiger charge is -2.48. The first-order valence-corrected chi connectivity index (χ1v) is 14.1. The first-order valence-electron chi connectivity index (χ1n) is 14.1. The quantitative estimate of drug-likeness (QED) is 0.139. The van der Waals surface area contributed by atoms with Crippen LogP contribution in [-0.2, 0) is 33.3 Å². The van der Waals surface area contributed by atoms with E-state index in [1.807, 2.05) is 6.92 Å². The largest absolute Gasteiger partial charge is 0.479 e. The van der Waals surface area contributed by atoms with Crippen LogP contribution in [0.1, 0.15) is 52.9 Å². The Bertz CT molecular complexity index is 887. The summed E-state index contributed by atoms with van der Waals surface area (Å²) in [6.45, 7) is 3.78. The number of aliphatic carboxylic acids is 1. The van der Waals surface area contributed by atoms with Gasteiger partial charge in [0.1, 0.15) is 42.7 Å². The highest BCUT2D eigenvalue weighted by atomic mass is 19.3. The Labute approximate surface area is 241 Å². The van der Waals surface area contributed by atoms with Gasteiger partial charge >= 0.3 is 5.97 Å². The van der Waals surface area contributed by atoms with E-state index in [9.17, 15) is 49.0 Å². The molecule has 0 aromatic carbocycles. The molecular weight excluding hydrogens is 572 g/mol. The van der Waals surface area contributed by atoms with Gasteiger partial charge in [-0.05, 0) is 32.1 Å². The Kier molecular flexibility index (Phi) is 12.8. The summed E-state index contributed by atoms with van der Waals surface area (Å²) in [5.74, 6) is -2.35. The van der Waals surface area contributed by atoms with Crippen molar-refractivity contribution in [2.75, 3.05) is 6.61 Å². The summed E-state index contributed by atoms with van der Waals surface area (Å²) in [4.78, 5) is 24.0. The molecule has 0 aromatic rings. The topological polar surface area (TPSA) is 214 Å². The summed E-state index contributed by atoms with van der Waals surface area (Å²) in [7, 11) is 0. The van der Waals surface area contributed by atoms with Crippen LogP contribution >= 0.6 is 0 Å². The number of alkyl halides is 2. The van der Waals surface area contributed by atoms with Gasteiger partial charge in [-0.1, -0.05) is 13.3 Å². The molecule has 14 atom stereocenters. The summed E-state index contributed by atoms with van der Waals surface area (Å²) in [5.41, 5.74) is 0. The number of halogens is 2. The normalized spacial score (nSPS) is 41.8. The zero-order valence-electron chi connectivity index (χ0n) is 23.7. The van der Waals surface area contributed by atoms with Crippen LogP contribution in [0.4, 0.5) is 8.78 Å². The van der Waals surface area contributed by atoms with Crippen molar-refractivity contribution < 1.29 is 72.7 Å². The van der Waals surface area contributed by atoms with Crippen LogP contribution < -0.4 is 5.32 Å². The predicted molar refractivity (Wildman–Crippen MR) is 136 cm³/mol. The first kappa shape index (κ1) is 34.9. The second-order valence-corrected chi connectivity index (χ2v) is 11.2. The van der Waals surface area contributed by atoms with Crippen LogP contribution in [-0.4, -0.2) is 135 Å². The summed E-state index contributed by atoms with van der Waals surface area (Å²) in [6.07, 6.45) is -18.3. The van der Waals surface area contributed by atoms with Gasteiger partial charge in [-0.15, -0.1) is 0 Å². The van der Waals surface area contributed by atoms with E-state index >= 15 is 0 Å². The molecule has 16 heteroatoms. The molecule has 3 fully saturated rings. The standard InChI is InChI=1S/C26H43F2NO13/c1-10-5-4-6-13(22(10)42-26-21(35)20(34)18(32)11(2)38-26)40-25-17(29-12(3)31)23(19(33)15(9-30)41-25)39-14(24(36)37)7-8-16(27)28/h10-11,13-23,25-26,30,32-35H,4-9H2,1-3H3,(H,29,31)(H,36,37). The molecule has 14 unspecified atom stereocenters. The number of carbonyl (C=O) groups excluding carboxylic acids is 1. The van der Waals surface area contributed by atoms with Crippen molar-refractivity contribution in [1.82, 2.24) is 5.32 Å². The van der Waals surface area contributed by atoms with Crippen LogP contribution in [0, 0.1) is 5.92 Å². The van der Waals surface area contributed by atoms with Gasteiger partial charge in [0.2, 0.25) is 12.3 Å². The SMILES string of the molecule is CC(=O)NC1C(OC2CCCC(C)C2OC2OC(C)C(O)C(O)C2O)OC(CO)C(O)C1OC(CCC(F)F)C(=O)O. The van der Waals surface area contributed by atoms with Crippen molar-refractivity contribution >= 4 is 11.9 Å². The number of ether oxygens (including phenoxy) is 5. The van der Waals surface area contributed by atoms with Gasteiger partial charge in [0.05, 0.1) is 24.9 Å². The second kappa shape index (κ2) is 15.4. The molecule has 1 aliphatic carbocycles. The number of hydrogen-bond acceptors (Lipinski definition) is 12. The van der Waals surface area contributed by atoms with Crippen LogP contribution in [0.25, 0.3) is 0 Å². The minimum atomic E-state index is -2.80. The fourth-order valence-corrected chi connectivity index (χ4v) is 5.61. The summed E-state index contributed by atoms with van der Waals surface area (Å²) < 4.78 is 55.0. The highest BCUT2D eigenvalue weighted by Crippen LogP contribution is 2.35. The fraction of sp³-hybridized carbons (Fsp3) is 0.923. The summed E-state index contributed by atoms with van der Waals surface area (Å²) in [5, 5.41) is 63.6. The molecule has 0 aromatic heterocycles. The average Bonchev–Trinajstić information content (AvgIpc) is 2.92. The summed E-state index contributed by atoms with van der Waals surface area (Å²) >= 11 is 0. The van der Waals surface area contributed by atoms with Gasteiger partial charge in [-0.2, -0.15) is 0 Å². The fourth-order valence-electron chi connectivity index (χ4n) is 5.61. The average molecular weight is 616 g/mol. The van der Waals surface area contributed by atoms with Crippen LogP contribution in [0.5, 0.6) is 0 Å². The Morgan fingerprint density at radius 3 is 2.21 bits per heavy atom. The molecule has 0 bridgehead atoms. The number of carbonyl (C=O) groups is 2. The highest BCUT2D eigenvalue weighted by Gasteiger charge is 2.51. The van der Waals surface area contributed by atoms with Gasteiger partial charge in [0.15, 0.2) is 18.7 Å². The van der Waals surface area contributed by atoms with Gasteiger partial charge in [0, 0.05) is 13.3 Å². The maximum Gasteiger partial charge on any atom is 0.332 e. The third-order valence-corrected chi connectivity index (χ3v) is 7.95. The number of aliphatic hydroxyl groups excluding tert-OH is 5. The second-order valence-electron chi connectivity index (χ2n) is 11.2. The minimum absolute atomic E-state index is 0.168. The lowest BCUT2D eigenvalue weighted by atomic mass is 9.85. The third-order valence-electron chi connectivity index (χ3n) is 7.95. The zero-order valence-corrected chi connectivity index (χ0v) is 23.7. The first-order chi connectivity index (χ1) is 19.7. The van der Waals surface area contributed by atoms with E-state index in [0.717, 1.165) is 6.92 Å². The lowest BCUT2D eigenvalue weighted by molar-refractivity contribution is -0.336. The van der Waals surface area contributed by atoms with E-state index in [2.05, 4.69) is 5.32 Å². The number of hydrogen-bond donors (Lipinski definition) is 7. The molecule has 2 aliphatic heterocycles. The molecule has 1 amide bonds. The van der Waals surface area contributed by atoms with E-state index in [1.165, 1.54) is 6.92 Å². The number of rotatable bonds is 12. The number of nitrogens with one attached hydrogen (secondary N) is 1. The van der Waals surface area contributed by atoms with Crippen LogP contribution in [0.15, 0.2) is 0 Å². The van der Waals surface area contributed by atoms with Gasteiger partial charge in [-0.3, -0.25) is 4.79 Å². The van der Waals surface area contributed by atoms with Crippen LogP contribution in [0.3, 0.4) is 0 Å². The van der Waals surface area contributed by atoms with E-state index < -0.39 is 117 Å². The number of amides is 1. The van der Waals surface area contributed by atoms with Gasteiger partial charge < -0.3 is 59.6 Å². The van der Waals surface area contributed by atoms with Crippen molar-refractivity contribution in [3.63, 3.8) is 0 Å². The monoisotopic (exact) mass is 615 g/mol. The van der Waals surface area contributed by atoms with E-state index in [4.69, 9.17) is 23.7 Å². The molecule has 0 radical (unpaired) electrons. The molecule has 244 valence electrons. The lowest BCUT2D eigenvalue weighted by Crippen LogP contribution is -2.67. The third kappa shape index (κ3) is 8.52. The molecular formula is C26H43F2NO13. The molecule has 3 rings (SSSR count). The maximum absolute atomic E-state index is 12.8. The van der Waals surface area contributed by atoms with Gasteiger partial charge in [-0.25, -0.2) is 13.6 Å². The molecule has 0 spiro atoms. The number of carboxylic acids is 1. The molecule has 7 N–H and O–H groups in total. The number of aliphatic hydroxyl groups is 5. The smallest absolute Gasteiger partial charge is 0.332 e. The van der Waals surface area contributed by atoms with E-state index in [-0.39, 0.29) is 5.92 Å². The molecule has 1 saturated carbocycles. The van der Waals surface area contributed by atoms with Crippen LogP contribution in [0.2, 0.25) is 0 Å². The highest BCUT2D eigenvalue weighted by molar-refractivity contribution is 5.73. The maximum atomic E-state index is 12.8. The minimum Gasteiger partial charge on any atom is -0.479 e. The Hall–Kier alpha value is -1.60. The van der Waals surface area contributed by atoms with Crippen molar-refractivity contribution in [3.8, 4) is 0 Å². The van der Waals surface area contributed by atoms with Crippen molar-refractivity contribution in [2.45, 2.75) is 139 Å². The predicted octanol–water partition coefficient (Wildman–Crippen LogP) is -1.13. The molecule has 2 heterocycles. The Morgan fingerprint density at radius 1 is 0.929 bits per heavy atom. The zero-order chi connectivity index (χ0) is 31.3. The Balaban J connectivity index is 1.86. The van der Waals surface area contributed by atoms with E-state index in [1.54, 1.807) is 0 Å². The molecule has 2 saturated heterocycles. The van der Waals surface area contributed by atoms with Crippen molar-refractivity contribution in [2.24, 2.45) is 5.92 Å².